The zero-order chi connectivity index (χ0) is 44.4. The molecule has 63 heavy (non-hydrogen) atoms. The van der Waals surface area contributed by atoms with Gasteiger partial charge in [0.05, 0.1) is 47.7 Å². The van der Waals surface area contributed by atoms with Crippen LogP contribution in [-0.4, -0.2) is 98.2 Å². The predicted octanol–water partition coefficient (Wildman–Crippen LogP) is 8.91. The maximum Gasteiger partial charge on any atom is 0.268 e. The van der Waals surface area contributed by atoms with E-state index >= 15 is 0 Å². The molecule has 0 bridgehead atoms. The van der Waals surface area contributed by atoms with Crippen LogP contribution < -0.4 is 19.1 Å². The third kappa shape index (κ3) is 10.6. The molecule has 13 nitrogen and oxygen atoms in total. The fraction of sp³-hybridized carbons (Fsp3) is 0.426. The highest BCUT2D eigenvalue weighted by molar-refractivity contribution is 7.90. The van der Waals surface area contributed by atoms with E-state index in [4.69, 9.17) is 37.4 Å². The van der Waals surface area contributed by atoms with E-state index in [-0.39, 0.29) is 38.4 Å². The number of carbonyl (C=O) groups excluding carboxylic acids is 1. The van der Waals surface area contributed by atoms with Crippen molar-refractivity contribution in [2.75, 3.05) is 57.9 Å². The lowest BCUT2D eigenvalue weighted by molar-refractivity contribution is 0.00127. The van der Waals surface area contributed by atoms with Crippen LogP contribution in [0.25, 0.3) is 16.5 Å². The lowest BCUT2D eigenvalue weighted by Gasteiger charge is -2.40. The number of sulfonamides is 1. The quantitative estimate of drug-likeness (QED) is 0.0977. The van der Waals surface area contributed by atoms with Gasteiger partial charge in [0.1, 0.15) is 21.4 Å². The summed E-state index contributed by atoms with van der Waals surface area (Å²) in [6.07, 6.45) is 8.68. The number of carbonyl (C=O) groups is 1. The normalized spacial score (nSPS) is 22.3. The van der Waals surface area contributed by atoms with Crippen LogP contribution >= 0.6 is 23.2 Å². The van der Waals surface area contributed by atoms with E-state index in [1.807, 2.05) is 37.3 Å². The standard InChI is InChI=1S/C47H54Cl2N6O7S/c1-46(30-60-3)16-15-37(32-7-9-34(48)10-8-32)33(25-46)28-54-19-21-55(22-20-54)35-11-12-38(43(23-35)62-42-6-4-5-41-39(42)27-51-52-41)44(56)53-63(58,59)36-24-40(49)45(50-26-36)61-29-31-13-17-47(2,57)18-14-31/h4-12,23-24,26-27,31,57H,13-22,25,28-30H2,1-3H3,(H,51,52)(H,53,56)/t31-,46?,47+. The molecule has 1 atom stereocenters. The number of H-pyrrole nitrogens is 1. The van der Waals surface area contributed by atoms with Gasteiger partial charge in [-0.1, -0.05) is 53.9 Å². The first-order valence-corrected chi connectivity index (χ1v) is 23.7. The minimum absolute atomic E-state index is 0.00293. The van der Waals surface area contributed by atoms with Gasteiger partial charge in [-0.15, -0.1) is 0 Å². The number of amides is 1. The molecule has 334 valence electrons. The molecule has 0 spiro atoms. The van der Waals surface area contributed by atoms with E-state index in [1.54, 1.807) is 31.5 Å². The first kappa shape index (κ1) is 44.9. The minimum atomic E-state index is -4.43. The minimum Gasteiger partial charge on any atom is -0.476 e. The number of aliphatic hydroxyl groups is 1. The third-order valence-electron chi connectivity index (χ3n) is 12.7. The monoisotopic (exact) mass is 916 g/mol. The molecule has 2 aromatic heterocycles. The maximum atomic E-state index is 14.0. The number of allylic oxidation sites excluding steroid dienone is 1. The SMILES string of the molecule is COCC1(C)CCC(c2ccc(Cl)cc2)=C(CN2CCN(c3ccc(C(=O)NS(=O)(=O)c4cnc(OC[C@H]5CC[C@@](C)(O)CC5)c(Cl)c4)c(Oc4cccc5[nH]ncc45)c3)CC2)C1. The van der Waals surface area contributed by atoms with Gasteiger partial charge < -0.3 is 24.2 Å². The lowest BCUT2D eigenvalue weighted by atomic mass is 9.72. The molecule has 3 aliphatic rings. The Balaban J connectivity index is 0.985. The van der Waals surface area contributed by atoms with E-state index in [0.29, 0.717) is 37.2 Å². The topological polar surface area (TPSA) is 159 Å². The number of halogens is 2. The highest BCUT2D eigenvalue weighted by Crippen LogP contribution is 2.44. The van der Waals surface area contributed by atoms with E-state index in [9.17, 15) is 18.3 Å². The number of aromatic nitrogens is 3. The van der Waals surface area contributed by atoms with E-state index in [1.165, 1.54) is 22.8 Å². The Kier molecular flexibility index (Phi) is 13.4. The summed E-state index contributed by atoms with van der Waals surface area (Å²) in [7, 11) is -2.65. The summed E-state index contributed by atoms with van der Waals surface area (Å²) in [5, 5.41) is 18.8. The Morgan fingerprint density at radius 1 is 0.968 bits per heavy atom. The summed E-state index contributed by atoms with van der Waals surface area (Å²) < 4.78 is 47.5. The molecule has 1 saturated carbocycles. The van der Waals surface area contributed by atoms with Gasteiger partial charge in [-0.25, -0.2) is 18.1 Å². The van der Waals surface area contributed by atoms with Gasteiger partial charge in [-0.2, -0.15) is 5.10 Å². The number of nitrogens with one attached hydrogen (secondary N) is 2. The molecule has 2 fully saturated rings. The lowest BCUT2D eigenvalue weighted by Crippen LogP contribution is -2.47. The van der Waals surface area contributed by atoms with Crippen LogP contribution in [0.3, 0.4) is 0 Å². The average Bonchev–Trinajstić information content (AvgIpc) is 3.75. The third-order valence-corrected chi connectivity index (χ3v) is 14.5. The molecule has 1 amide bonds. The first-order chi connectivity index (χ1) is 30.2. The Morgan fingerprint density at radius 2 is 1.73 bits per heavy atom. The molecule has 3 aromatic carbocycles. The summed E-state index contributed by atoms with van der Waals surface area (Å²) >= 11 is 12.7. The number of pyridine rings is 1. The van der Waals surface area contributed by atoms with Crippen molar-refractivity contribution in [3.63, 3.8) is 0 Å². The number of fused-ring (bicyclic) bond motifs is 1. The van der Waals surface area contributed by atoms with Crippen LogP contribution in [0.4, 0.5) is 5.69 Å². The summed E-state index contributed by atoms with van der Waals surface area (Å²) in [5.74, 6) is 0.0545. The summed E-state index contributed by atoms with van der Waals surface area (Å²) in [6, 6.07) is 20.0. The number of methoxy groups -OCH3 is 1. The van der Waals surface area contributed by atoms with Crippen molar-refractivity contribution in [1.29, 1.82) is 0 Å². The van der Waals surface area contributed by atoms with Crippen molar-refractivity contribution in [2.24, 2.45) is 11.3 Å². The first-order valence-electron chi connectivity index (χ1n) is 21.4. The van der Waals surface area contributed by atoms with E-state index < -0.39 is 21.5 Å². The highest BCUT2D eigenvalue weighted by Gasteiger charge is 2.34. The molecule has 16 heteroatoms. The second-order valence-corrected chi connectivity index (χ2v) is 20.3. The Labute approximate surface area is 378 Å². The van der Waals surface area contributed by atoms with Crippen LogP contribution in [0.2, 0.25) is 10.0 Å². The van der Waals surface area contributed by atoms with Gasteiger partial charge in [-0.05, 0) is 117 Å². The smallest absolute Gasteiger partial charge is 0.268 e. The zero-order valence-electron chi connectivity index (χ0n) is 35.8. The number of nitrogens with zero attached hydrogens (tertiary/aromatic N) is 4. The van der Waals surface area contributed by atoms with Gasteiger partial charge in [0.25, 0.3) is 15.9 Å². The zero-order valence-corrected chi connectivity index (χ0v) is 38.2. The molecule has 2 aliphatic carbocycles. The number of hydrogen-bond donors (Lipinski definition) is 3. The summed E-state index contributed by atoms with van der Waals surface area (Å²) in [6.45, 7) is 9.13. The molecule has 1 aliphatic heterocycles. The van der Waals surface area contributed by atoms with Gasteiger partial charge in [0.2, 0.25) is 5.88 Å². The molecule has 1 saturated heterocycles. The number of aromatic amines is 1. The fourth-order valence-electron chi connectivity index (χ4n) is 9.06. The molecule has 3 N–H and O–H groups in total. The summed E-state index contributed by atoms with van der Waals surface area (Å²) in [4.78, 5) is 22.6. The molecule has 5 aromatic rings. The molecule has 1 unspecified atom stereocenters. The Hall–Kier alpha value is -4.70. The number of rotatable bonds is 14. The maximum absolute atomic E-state index is 14.0. The van der Waals surface area contributed by atoms with Crippen molar-refractivity contribution in [3.8, 4) is 17.4 Å². The molecular formula is C47H54Cl2N6O7S. The molecular weight excluding hydrogens is 864 g/mol. The van der Waals surface area contributed by atoms with Crippen LogP contribution in [0, 0.1) is 11.3 Å². The largest absolute Gasteiger partial charge is 0.476 e. The van der Waals surface area contributed by atoms with Crippen molar-refractivity contribution in [3.05, 3.63) is 106 Å². The number of piperazine rings is 1. The number of benzene rings is 3. The van der Waals surface area contributed by atoms with E-state index in [0.717, 1.165) is 87.3 Å². The Bertz CT molecular complexity index is 2580. The van der Waals surface area contributed by atoms with Crippen LogP contribution in [0.5, 0.6) is 17.4 Å². The van der Waals surface area contributed by atoms with Gasteiger partial charge in [-0.3, -0.25) is 14.8 Å². The molecule has 8 rings (SSSR count). The van der Waals surface area contributed by atoms with Crippen molar-refractivity contribution < 1.29 is 32.5 Å². The van der Waals surface area contributed by atoms with Gasteiger partial charge in [0.15, 0.2) is 0 Å². The van der Waals surface area contributed by atoms with Crippen LogP contribution in [0.15, 0.2) is 89.6 Å². The highest BCUT2D eigenvalue weighted by atomic mass is 35.5. The van der Waals surface area contributed by atoms with Crippen LogP contribution in [0.1, 0.15) is 74.7 Å². The van der Waals surface area contributed by atoms with Crippen molar-refractivity contribution >= 4 is 61.3 Å². The Morgan fingerprint density at radius 3 is 2.46 bits per heavy atom. The number of ether oxygens (including phenoxy) is 3. The molecule has 3 heterocycles. The van der Waals surface area contributed by atoms with Crippen molar-refractivity contribution in [2.45, 2.75) is 69.3 Å². The predicted molar refractivity (Wildman–Crippen MR) is 245 cm³/mol. The average molecular weight is 918 g/mol. The van der Waals surface area contributed by atoms with Gasteiger partial charge in [0, 0.05) is 56.6 Å². The van der Waals surface area contributed by atoms with Crippen molar-refractivity contribution in [1.82, 2.24) is 24.8 Å². The fourth-order valence-corrected chi connectivity index (χ4v) is 10.4. The molecule has 0 radical (unpaired) electrons. The summed E-state index contributed by atoms with van der Waals surface area (Å²) in [5.41, 5.74) is 5.03. The second-order valence-electron chi connectivity index (χ2n) is 17.8. The van der Waals surface area contributed by atoms with Gasteiger partial charge >= 0.3 is 0 Å². The number of anilines is 1. The second kappa shape index (κ2) is 18.8. The van der Waals surface area contributed by atoms with Crippen LogP contribution in [-0.2, 0) is 14.8 Å². The number of hydrogen-bond acceptors (Lipinski definition) is 11. The van der Waals surface area contributed by atoms with E-state index in [2.05, 4.69) is 48.8 Å².